The van der Waals surface area contributed by atoms with Gasteiger partial charge in [0.25, 0.3) is 0 Å². The maximum absolute atomic E-state index is 11.5. The Morgan fingerprint density at radius 3 is 2.25 bits per heavy atom. The van der Waals surface area contributed by atoms with E-state index in [0.29, 0.717) is 18.1 Å². The smallest absolute Gasteiger partial charge is 0.334 e. The van der Waals surface area contributed by atoms with Crippen LogP contribution in [-0.2, 0) is 14.0 Å². The molecule has 1 heterocycles. The number of rotatable bonds is 2. The van der Waals surface area contributed by atoms with Gasteiger partial charge in [-0.1, -0.05) is 27.4 Å². The monoisotopic (exact) mass is 296 g/mol. The Morgan fingerprint density at radius 2 is 1.85 bits per heavy atom. The first-order valence-corrected chi connectivity index (χ1v) is 10.5. The molecular weight excluding hydrogens is 268 g/mol. The van der Waals surface area contributed by atoms with Gasteiger partial charge in [-0.15, -0.1) is 0 Å². The van der Waals surface area contributed by atoms with E-state index in [4.69, 9.17) is 9.16 Å². The normalized spacial score (nSPS) is 31.8. The van der Waals surface area contributed by atoms with Gasteiger partial charge in [-0.2, -0.15) is 0 Å². The van der Waals surface area contributed by atoms with E-state index in [1.165, 1.54) is 0 Å². The van der Waals surface area contributed by atoms with Crippen LogP contribution in [0.15, 0.2) is 12.2 Å². The SMILES string of the molecule is C=C1CC2(CCC(O[Si](C)(C)C(C)(C)C)CC2)OC1=O. The minimum Gasteiger partial charge on any atom is -0.455 e. The molecule has 2 fully saturated rings. The Kier molecular flexibility index (Phi) is 3.93. The van der Waals surface area contributed by atoms with Crippen molar-refractivity contribution in [1.82, 2.24) is 0 Å². The molecule has 0 unspecified atom stereocenters. The van der Waals surface area contributed by atoms with E-state index in [9.17, 15) is 4.79 Å². The largest absolute Gasteiger partial charge is 0.455 e. The summed E-state index contributed by atoms with van der Waals surface area (Å²) in [6.45, 7) is 15.2. The lowest BCUT2D eigenvalue weighted by molar-refractivity contribution is -0.150. The van der Waals surface area contributed by atoms with Gasteiger partial charge >= 0.3 is 5.97 Å². The zero-order chi connectivity index (χ0) is 15.2. The van der Waals surface area contributed by atoms with Crippen molar-refractivity contribution in [3.8, 4) is 0 Å². The van der Waals surface area contributed by atoms with E-state index in [2.05, 4.69) is 40.4 Å². The third-order valence-electron chi connectivity index (χ3n) is 5.24. The standard InChI is InChI=1S/C16H28O3Si/c1-12-11-16(18-14(12)17)9-7-13(8-10-16)19-20(5,6)15(2,3)4/h13H,1,7-11H2,2-6H3. The van der Waals surface area contributed by atoms with E-state index in [1.807, 2.05) is 0 Å². The molecule has 2 rings (SSSR count). The lowest BCUT2D eigenvalue weighted by Gasteiger charge is -2.43. The summed E-state index contributed by atoms with van der Waals surface area (Å²) >= 11 is 0. The van der Waals surface area contributed by atoms with Crippen LogP contribution in [0.1, 0.15) is 52.9 Å². The van der Waals surface area contributed by atoms with Crippen molar-refractivity contribution >= 4 is 14.3 Å². The van der Waals surface area contributed by atoms with Crippen LogP contribution in [0.3, 0.4) is 0 Å². The highest BCUT2D eigenvalue weighted by Crippen LogP contribution is 2.44. The molecule has 2 aliphatic rings. The Hall–Kier alpha value is -0.613. The molecule has 0 aromatic carbocycles. The van der Waals surface area contributed by atoms with Crippen LogP contribution >= 0.6 is 0 Å². The Morgan fingerprint density at radius 1 is 1.30 bits per heavy atom. The molecule has 3 nitrogen and oxygen atoms in total. The molecule has 1 spiro atoms. The molecule has 0 amide bonds. The van der Waals surface area contributed by atoms with Gasteiger partial charge < -0.3 is 9.16 Å². The average molecular weight is 296 g/mol. The third kappa shape index (κ3) is 3.01. The van der Waals surface area contributed by atoms with Crippen molar-refractivity contribution < 1.29 is 14.0 Å². The summed E-state index contributed by atoms with van der Waals surface area (Å²) in [5.74, 6) is -0.200. The number of ether oxygens (including phenoxy) is 1. The molecule has 0 aromatic rings. The summed E-state index contributed by atoms with van der Waals surface area (Å²) in [4.78, 5) is 11.5. The third-order valence-corrected chi connectivity index (χ3v) is 9.78. The van der Waals surface area contributed by atoms with Gasteiger partial charge in [0.1, 0.15) is 5.60 Å². The van der Waals surface area contributed by atoms with Gasteiger partial charge in [-0.05, 0) is 43.8 Å². The van der Waals surface area contributed by atoms with Gasteiger partial charge in [-0.25, -0.2) is 4.79 Å². The van der Waals surface area contributed by atoms with E-state index < -0.39 is 8.32 Å². The van der Waals surface area contributed by atoms with Crippen molar-refractivity contribution in [1.29, 1.82) is 0 Å². The van der Waals surface area contributed by atoms with Gasteiger partial charge in [0.15, 0.2) is 8.32 Å². The molecule has 0 N–H and O–H groups in total. The Balaban J connectivity index is 1.93. The summed E-state index contributed by atoms with van der Waals surface area (Å²) in [5.41, 5.74) is 0.371. The summed E-state index contributed by atoms with van der Waals surface area (Å²) in [6, 6.07) is 0. The van der Waals surface area contributed by atoms with Crippen LogP contribution in [0.5, 0.6) is 0 Å². The molecule has 0 radical (unpaired) electrons. The lowest BCUT2D eigenvalue weighted by atomic mass is 9.81. The second-order valence-electron chi connectivity index (χ2n) is 7.93. The number of esters is 1. The highest BCUT2D eigenvalue weighted by molar-refractivity contribution is 6.74. The van der Waals surface area contributed by atoms with Crippen LogP contribution < -0.4 is 0 Å². The second kappa shape index (κ2) is 4.99. The fraction of sp³-hybridized carbons (Fsp3) is 0.812. The molecule has 114 valence electrons. The lowest BCUT2D eigenvalue weighted by Crippen LogP contribution is -2.46. The quantitative estimate of drug-likeness (QED) is 0.435. The second-order valence-corrected chi connectivity index (χ2v) is 12.7. The number of carbonyl (C=O) groups excluding carboxylic acids is 1. The zero-order valence-electron chi connectivity index (χ0n) is 13.5. The van der Waals surface area contributed by atoms with Gasteiger partial charge in [0, 0.05) is 18.1 Å². The predicted molar refractivity (Wildman–Crippen MR) is 83.1 cm³/mol. The molecule has 1 aliphatic carbocycles. The van der Waals surface area contributed by atoms with E-state index in [0.717, 1.165) is 25.7 Å². The van der Waals surface area contributed by atoms with Crippen LogP contribution in [-0.4, -0.2) is 26.0 Å². The Labute approximate surface area is 123 Å². The summed E-state index contributed by atoms with van der Waals surface area (Å²) in [7, 11) is -1.70. The molecule has 1 saturated heterocycles. The van der Waals surface area contributed by atoms with Crippen molar-refractivity contribution in [3.63, 3.8) is 0 Å². The molecule has 0 aromatic heterocycles. The first-order valence-electron chi connectivity index (χ1n) is 7.64. The van der Waals surface area contributed by atoms with Crippen LogP contribution in [0, 0.1) is 0 Å². The fourth-order valence-corrected chi connectivity index (χ4v) is 4.30. The van der Waals surface area contributed by atoms with Crippen molar-refractivity contribution in [2.24, 2.45) is 0 Å². The first-order chi connectivity index (χ1) is 9.05. The molecular formula is C16H28O3Si. The van der Waals surface area contributed by atoms with E-state index >= 15 is 0 Å². The minimum absolute atomic E-state index is 0.200. The molecule has 4 heteroatoms. The van der Waals surface area contributed by atoms with Crippen molar-refractivity contribution in [3.05, 3.63) is 12.2 Å². The fourth-order valence-electron chi connectivity index (χ4n) is 2.87. The first kappa shape index (κ1) is 15.8. The van der Waals surface area contributed by atoms with Gasteiger partial charge in [0.2, 0.25) is 0 Å². The number of hydrogen-bond donors (Lipinski definition) is 0. The predicted octanol–water partition coefficient (Wildman–Crippen LogP) is 4.19. The maximum atomic E-state index is 11.5. The average Bonchev–Trinajstić information content (AvgIpc) is 2.56. The zero-order valence-corrected chi connectivity index (χ0v) is 14.5. The van der Waals surface area contributed by atoms with E-state index in [1.54, 1.807) is 0 Å². The summed E-state index contributed by atoms with van der Waals surface area (Å²) in [5, 5.41) is 0.246. The van der Waals surface area contributed by atoms with Crippen LogP contribution in [0.4, 0.5) is 0 Å². The van der Waals surface area contributed by atoms with E-state index in [-0.39, 0.29) is 16.6 Å². The Bertz CT molecular complexity index is 394. The topological polar surface area (TPSA) is 35.5 Å². The summed E-state index contributed by atoms with van der Waals surface area (Å²) < 4.78 is 12.0. The molecule has 0 atom stereocenters. The molecule has 1 saturated carbocycles. The molecule has 1 aliphatic heterocycles. The highest BCUT2D eigenvalue weighted by atomic mass is 28.4. The van der Waals surface area contributed by atoms with Crippen molar-refractivity contribution in [2.45, 2.75) is 82.7 Å². The van der Waals surface area contributed by atoms with Crippen molar-refractivity contribution in [2.75, 3.05) is 0 Å². The number of hydrogen-bond acceptors (Lipinski definition) is 3. The highest BCUT2D eigenvalue weighted by Gasteiger charge is 2.47. The van der Waals surface area contributed by atoms with Crippen LogP contribution in [0.25, 0.3) is 0 Å². The summed E-state index contributed by atoms with van der Waals surface area (Å²) in [6.07, 6.45) is 4.85. The minimum atomic E-state index is -1.70. The van der Waals surface area contributed by atoms with Gasteiger partial charge in [-0.3, -0.25) is 0 Å². The molecule has 20 heavy (non-hydrogen) atoms. The number of carbonyl (C=O) groups is 1. The maximum Gasteiger partial charge on any atom is 0.334 e. The van der Waals surface area contributed by atoms with Gasteiger partial charge in [0.05, 0.1) is 0 Å². The molecule has 0 bridgehead atoms. The van der Waals surface area contributed by atoms with Crippen LogP contribution in [0.2, 0.25) is 18.1 Å².